The van der Waals surface area contributed by atoms with Gasteiger partial charge in [0.1, 0.15) is 5.82 Å². The monoisotopic (exact) mass is 473 g/mol. The minimum Gasteiger partial charge on any atom is -0.394 e. The van der Waals surface area contributed by atoms with Gasteiger partial charge >= 0.3 is 0 Å². The van der Waals surface area contributed by atoms with Gasteiger partial charge in [-0.05, 0) is 53.9 Å². The number of nitrogens with zero attached hydrogens (tertiary/aromatic N) is 3. The molecule has 5 rings (SSSR count). The predicted molar refractivity (Wildman–Crippen MR) is 131 cm³/mol. The van der Waals surface area contributed by atoms with E-state index in [0.717, 1.165) is 39.2 Å². The molecule has 0 amide bonds. The zero-order valence-corrected chi connectivity index (χ0v) is 19.1. The molecule has 170 valence electrons. The summed E-state index contributed by atoms with van der Waals surface area (Å²) in [5.41, 5.74) is 6.40. The highest BCUT2D eigenvalue weighted by molar-refractivity contribution is 6.30. The number of hydrogen-bond donors (Lipinski definition) is 1. The molecule has 2 aromatic carbocycles. The molecule has 3 heterocycles. The van der Waals surface area contributed by atoms with Crippen LogP contribution in [0.5, 0.6) is 0 Å². The Morgan fingerprint density at radius 3 is 2.68 bits per heavy atom. The van der Waals surface area contributed by atoms with Gasteiger partial charge < -0.3 is 9.67 Å². The lowest BCUT2D eigenvalue weighted by Gasteiger charge is -2.19. The van der Waals surface area contributed by atoms with Crippen molar-refractivity contribution >= 4 is 17.3 Å². The summed E-state index contributed by atoms with van der Waals surface area (Å²) in [6, 6.07) is 16.9. The summed E-state index contributed by atoms with van der Waals surface area (Å²) in [6.07, 6.45) is 3.35. The SMILES string of the molecule is Cc1cc(C2=NCc3ccc(-c4ccn([C@H](CO)c5cccc(Cl)c5F)c(=O)c4)cc32)ccn1. The van der Waals surface area contributed by atoms with Crippen LogP contribution in [0.2, 0.25) is 5.02 Å². The van der Waals surface area contributed by atoms with Crippen LogP contribution in [0.1, 0.15) is 34.0 Å². The Morgan fingerprint density at radius 2 is 1.91 bits per heavy atom. The Bertz CT molecular complexity index is 1500. The van der Waals surface area contributed by atoms with E-state index in [1.165, 1.54) is 22.8 Å². The van der Waals surface area contributed by atoms with Crippen LogP contribution in [-0.4, -0.2) is 27.0 Å². The summed E-state index contributed by atoms with van der Waals surface area (Å²) in [6.45, 7) is 2.11. The van der Waals surface area contributed by atoms with Gasteiger partial charge in [-0.2, -0.15) is 0 Å². The van der Waals surface area contributed by atoms with Gasteiger partial charge in [0, 0.05) is 40.8 Å². The van der Waals surface area contributed by atoms with Crippen LogP contribution in [0.25, 0.3) is 11.1 Å². The van der Waals surface area contributed by atoms with Gasteiger partial charge in [-0.1, -0.05) is 35.9 Å². The van der Waals surface area contributed by atoms with Crippen LogP contribution < -0.4 is 5.56 Å². The summed E-state index contributed by atoms with van der Waals surface area (Å²) in [5.74, 6) is -0.643. The smallest absolute Gasteiger partial charge is 0.251 e. The third kappa shape index (κ3) is 3.95. The quantitative estimate of drug-likeness (QED) is 0.446. The van der Waals surface area contributed by atoms with Gasteiger partial charge in [0.15, 0.2) is 0 Å². The summed E-state index contributed by atoms with van der Waals surface area (Å²) < 4.78 is 15.9. The first-order valence-electron chi connectivity index (χ1n) is 10.8. The molecule has 0 unspecified atom stereocenters. The molecule has 1 atom stereocenters. The van der Waals surface area contributed by atoms with Crippen molar-refractivity contribution in [3.8, 4) is 11.1 Å². The third-order valence-electron chi connectivity index (χ3n) is 6.07. The van der Waals surface area contributed by atoms with E-state index >= 15 is 0 Å². The van der Waals surface area contributed by atoms with Crippen LogP contribution in [0, 0.1) is 12.7 Å². The molecule has 5 nitrogen and oxygen atoms in total. The van der Waals surface area contributed by atoms with Crippen LogP contribution >= 0.6 is 11.6 Å². The molecular formula is C27H21ClFN3O2. The fraction of sp³-hybridized carbons (Fsp3) is 0.148. The van der Waals surface area contributed by atoms with Gasteiger partial charge in [0.05, 0.1) is 29.9 Å². The Labute approximate surface area is 200 Å². The predicted octanol–water partition coefficient (Wildman–Crippen LogP) is 4.94. The van der Waals surface area contributed by atoms with Gasteiger partial charge in [-0.3, -0.25) is 14.8 Å². The van der Waals surface area contributed by atoms with Crippen molar-refractivity contribution in [2.75, 3.05) is 6.61 Å². The molecule has 0 fully saturated rings. The van der Waals surface area contributed by atoms with Crippen molar-refractivity contribution in [2.24, 2.45) is 4.99 Å². The summed E-state index contributed by atoms with van der Waals surface area (Å²) in [4.78, 5) is 22.0. The highest BCUT2D eigenvalue weighted by Crippen LogP contribution is 2.29. The summed E-state index contributed by atoms with van der Waals surface area (Å²) >= 11 is 5.90. The highest BCUT2D eigenvalue weighted by Gasteiger charge is 2.21. The van der Waals surface area contributed by atoms with E-state index in [1.54, 1.807) is 24.5 Å². The number of aliphatic hydroxyl groups excluding tert-OH is 1. The minimum absolute atomic E-state index is 0.0550. The zero-order valence-electron chi connectivity index (χ0n) is 18.4. The lowest BCUT2D eigenvalue weighted by Crippen LogP contribution is -2.27. The fourth-order valence-electron chi connectivity index (χ4n) is 4.34. The first-order chi connectivity index (χ1) is 16.5. The number of aryl methyl sites for hydroxylation is 1. The molecule has 0 spiro atoms. The first kappa shape index (κ1) is 22.2. The molecule has 0 saturated carbocycles. The number of hydrogen-bond acceptors (Lipinski definition) is 4. The van der Waals surface area contributed by atoms with E-state index < -0.39 is 18.5 Å². The summed E-state index contributed by atoms with van der Waals surface area (Å²) in [7, 11) is 0. The lowest BCUT2D eigenvalue weighted by atomic mass is 9.95. The first-order valence-corrected chi connectivity index (χ1v) is 11.2. The molecule has 1 aliphatic heterocycles. The van der Waals surface area contributed by atoms with Crippen molar-refractivity contribution in [1.29, 1.82) is 0 Å². The normalized spacial score (nSPS) is 13.5. The maximum absolute atomic E-state index is 14.6. The molecule has 1 N–H and O–H groups in total. The number of benzene rings is 2. The third-order valence-corrected chi connectivity index (χ3v) is 6.37. The zero-order chi connectivity index (χ0) is 23.8. The number of aromatic nitrogens is 2. The second kappa shape index (κ2) is 8.97. The van der Waals surface area contributed by atoms with E-state index in [2.05, 4.69) is 4.98 Å². The van der Waals surface area contributed by atoms with E-state index in [0.29, 0.717) is 6.54 Å². The van der Waals surface area contributed by atoms with Gasteiger partial charge in [-0.25, -0.2) is 4.39 Å². The van der Waals surface area contributed by atoms with Crippen LogP contribution in [-0.2, 0) is 6.54 Å². The van der Waals surface area contributed by atoms with E-state index in [1.807, 2.05) is 37.3 Å². The van der Waals surface area contributed by atoms with Crippen molar-refractivity contribution in [1.82, 2.24) is 9.55 Å². The molecule has 7 heteroatoms. The number of fused-ring (bicyclic) bond motifs is 1. The minimum atomic E-state index is -0.881. The number of rotatable bonds is 5. The van der Waals surface area contributed by atoms with E-state index in [-0.39, 0.29) is 16.1 Å². The second-order valence-electron chi connectivity index (χ2n) is 8.23. The lowest BCUT2D eigenvalue weighted by molar-refractivity contribution is 0.244. The Morgan fingerprint density at radius 1 is 1.09 bits per heavy atom. The van der Waals surface area contributed by atoms with E-state index in [4.69, 9.17) is 16.6 Å². The van der Waals surface area contributed by atoms with Crippen molar-refractivity contribution in [3.05, 3.63) is 122 Å². The Hall–Kier alpha value is -3.61. The molecule has 0 bridgehead atoms. The Kier molecular flexibility index (Phi) is 5.86. The number of aliphatic hydroxyl groups is 1. The highest BCUT2D eigenvalue weighted by atomic mass is 35.5. The molecule has 0 radical (unpaired) electrons. The average Bonchev–Trinajstić information content (AvgIpc) is 3.26. The maximum Gasteiger partial charge on any atom is 0.251 e. The molecule has 4 aromatic rings. The van der Waals surface area contributed by atoms with E-state index in [9.17, 15) is 14.3 Å². The number of pyridine rings is 2. The average molecular weight is 474 g/mol. The largest absolute Gasteiger partial charge is 0.394 e. The molecule has 0 aliphatic carbocycles. The standard InChI is InChI=1S/C27H21ClFN3O2/c1-16-11-19(7-9-30-16)27-22-12-17(5-6-20(22)14-31-27)18-8-10-32(25(34)13-18)24(15-33)21-3-2-4-23(28)26(21)29/h2-13,24,33H,14-15H2,1H3/t24-/m1/s1. The topological polar surface area (TPSA) is 67.5 Å². The summed E-state index contributed by atoms with van der Waals surface area (Å²) in [5, 5.41) is 9.88. The molecule has 2 aromatic heterocycles. The number of halogens is 2. The van der Waals surface area contributed by atoms with Gasteiger partial charge in [0.25, 0.3) is 5.56 Å². The van der Waals surface area contributed by atoms with Gasteiger partial charge in [-0.15, -0.1) is 0 Å². The van der Waals surface area contributed by atoms with Crippen LogP contribution in [0.15, 0.2) is 82.8 Å². The number of aliphatic imine (C=N–C) groups is 1. The van der Waals surface area contributed by atoms with Crippen LogP contribution in [0.3, 0.4) is 0 Å². The molecule has 0 saturated heterocycles. The second-order valence-corrected chi connectivity index (χ2v) is 8.63. The Balaban J connectivity index is 1.51. The van der Waals surface area contributed by atoms with Gasteiger partial charge in [0.2, 0.25) is 0 Å². The van der Waals surface area contributed by atoms with Crippen LogP contribution in [0.4, 0.5) is 4.39 Å². The van der Waals surface area contributed by atoms with Crippen molar-refractivity contribution in [2.45, 2.75) is 19.5 Å². The molecule has 1 aliphatic rings. The van der Waals surface area contributed by atoms with Crippen molar-refractivity contribution < 1.29 is 9.50 Å². The molecule has 34 heavy (non-hydrogen) atoms. The maximum atomic E-state index is 14.6. The molecular weight excluding hydrogens is 453 g/mol. The van der Waals surface area contributed by atoms with Crippen molar-refractivity contribution in [3.63, 3.8) is 0 Å². The fourth-order valence-corrected chi connectivity index (χ4v) is 4.53.